The molecule has 0 atom stereocenters. The first kappa shape index (κ1) is 12.9. The Bertz CT molecular complexity index is 693. The van der Waals surface area contributed by atoms with Gasteiger partial charge in [-0.25, -0.2) is 0 Å². The van der Waals surface area contributed by atoms with Crippen LogP contribution in [0.5, 0.6) is 0 Å². The van der Waals surface area contributed by atoms with Gasteiger partial charge in [-0.2, -0.15) is 0 Å². The van der Waals surface area contributed by atoms with Gasteiger partial charge in [-0.15, -0.1) is 0 Å². The van der Waals surface area contributed by atoms with E-state index in [4.69, 9.17) is 5.73 Å². The van der Waals surface area contributed by atoms with Gasteiger partial charge in [0.1, 0.15) is 0 Å². The van der Waals surface area contributed by atoms with Crippen LogP contribution >= 0.6 is 0 Å². The van der Waals surface area contributed by atoms with Crippen LogP contribution in [0.25, 0.3) is 11.1 Å². The summed E-state index contributed by atoms with van der Waals surface area (Å²) in [6, 6.07) is 11.2. The molecule has 2 aromatic carbocycles. The van der Waals surface area contributed by atoms with E-state index in [0.29, 0.717) is 0 Å². The number of hydrogen-bond acceptors (Lipinski definition) is 1. The summed E-state index contributed by atoms with van der Waals surface area (Å²) in [5.41, 5.74) is 15.9. The topological polar surface area (TPSA) is 26.0 Å². The zero-order valence-corrected chi connectivity index (χ0v) is 12.8. The number of hydrogen-bond donors (Lipinski definition) is 1. The molecule has 2 aliphatic rings. The second kappa shape index (κ2) is 4.91. The second-order valence-electron chi connectivity index (χ2n) is 6.79. The van der Waals surface area contributed by atoms with Gasteiger partial charge in [0.2, 0.25) is 0 Å². The molecule has 0 spiro atoms. The van der Waals surface area contributed by atoms with Gasteiger partial charge in [-0.05, 0) is 52.6 Å². The van der Waals surface area contributed by atoms with Crippen LogP contribution in [0.4, 0.5) is 5.69 Å². The zero-order chi connectivity index (χ0) is 14.4. The minimum Gasteiger partial charge on any atom is -0.398 e. The van der Waals surface area contributed by atoms with Gasteiger partial charge < -0.3 is 5.73 Å². The molecule has 2 N–H and O–H groups in total. The average molecular weight is 277 g/mol. The fraction of sp³-hybridized carbons (Fsp3) is 0.400. The van der Waals surface area contributed by atoms with E-state index >= 15 is 0 Å². The van der Waals surface area contributed by atoms with Crippen molar-refractivity contribution in [2.24, 2.45) is 5.92 Å². The summed E-state index contributed by atoms with van der Waals surface area (Å²) in [5.74, 6) is 0.873. The van der Waals surface area contributed by atoms with Gasteiger partial charge >= 0.3 is 0 Å². The lowest BCUT2D eigenvalue weighted by molar-refractivity contribution is 0.545. The fourth-order valence-electron chi connectivity index (χ4n) is 4.21. The van der Waals surface area contributed by atoms with E-state index in [1.54, 1.807) is 0 Å². The van der Waals surface area contributed by atoms with Gasteiger partial charge in [0.15, 0.2) is 0 Å². The third-order valence-electron chi connectivity index (χ3n) is 5.51. The molecule has 1 heteroatoms. The molecule has 108 valence electrons. The Labute approximate surface area is 127 Å². The molecular weight excluding hydrogens is 254 g/mol. The van der Waals surface area contributed by atoms with Crippen LogP contribution in [0, 0.1) is 12.8 Å². The first-order valence-corrected chi connectivity index (χ1v) is 8.23. The third-order valence-corrected chi connectivity index (χ3v) is 5.51. The Kier molecular flexibility index (Phi) is 3.02. The molecule has 0 bridgehead atoms. The van der Waals surface area contributed by atoms with Crippen LogP contribution in [0.2, 0.25) is 0 Å². The van der Waals surface area contributed by atoms with Crippen molar-refractivity contribution in [1.82, 2.24) is 0 Å². The first-order valence-electron chi connectivity index (χ1n) is 8.23. The minimum absolute atomic E-state index is 0.873. The maximum absolute atomic E-state index is 6.49. The lowest BCUT2D eigenvalue weighted by Gasteiger charge is -2.17. The summed E-state index contributed by atoms with van der Waals surface area (Å²) in [6.45, 7) is 2.21. The van der Waals surface area contributed by atoms with Crippen LogP contribution in [0.3, 0.4) is 0 Å². The quantitative estimate of drug-likeness (QED) is 0.664. The molecule has 21 heavy (non-hydrogen) atoms. The van der Waals surface area contributed by atoms with E-state index in [9.17, 15) is 0 Å². The van der Waals surface area contributed by atoms with E-state index in [1.165, 1.54) is 65.5 Å². The largest absolute Gasteiger partial charge is 0.398 e. The number of nitrogens with two attached hydrogens (primary N) is 1. The van der Waals surface area contributed by atoms with Gasteiger partial charge in [-0.3, -0.25) is 0 Å². The molecule has 0 aromatic heterocycles. The van der Waals surface area contributed by atoms with Crippen molar-refractivity contribution in [2.75, 3.05) is 5.73 Å². The predicted molar refractivity (Wildman–Crippen MR) is 89.5 cm³/mol. The standard InChI is InChI=1S/C20H23N/c1-13-16(10-14-6-2-3-7-14)12-18-17-9-5-4-8-15(17)11-19(18)20(13)21/h4-5,8-9,12,14H,2-3,6-7,10-11,21H2,1H3. The van der Waals surface area contributed by atoms with Gasteiger partial charge in [0.25, 0.3) is 0 Å². The molecule has 2 aliphatic carbocycles. The van der Waals surface area contributed by atoms with Crippen molar-refractivity contribution in [3.63, 3.8) is 0 Å². The van der Waals surface area contributed by atoms with E-state index in [1.807, 2.05) is 0 Å². The Morgan fingerprint density at radius 2 is 1.86 bits per heavy atom. The fourth-order valence-corrected chi connectivity index (χ4v) is 4.21. The van der Waals surface area contributed by atoms with Crippen LogP contribution < -0.4 is 5.73 Å². The van der Waals surface area contributed by atoms with E-state index in [-0.39, 0.29) is 0 Å². The van der Waals surface area contributed by atoms with Crippen molar-refractivity contribution in [3.8, 4) is 11.1 Å². The Morgan fingerprint density at radius 3 is 2.67 bits per heavy atom. The molecular formula is C20H23N. The number of benzene rings is 2. The van der Waals surface area contributed by atoms with Crippen molar-refractivity contribution < 1.29 is 0 Å². The van der Waals surface area contributed by atoms with Gasteiger partial charge in [0, 0.05) is 12.1 Å². The zero-order valence-electron chi connectivity index (χ0n) is 12.8. The van der Waals surface area contributed by atoms with Crippen molar-refractivity contribution in [1.29, 1.82) is 0 Å². The SMILES string of the molecule is Cc1c(CC2CCCC2)cc2c(c1N)Cc1ccccc1-2. The highest BCUT2D eigenvalue weighted by Gasteiger charge is 2.24. The number of anilines is 1. The molecule has 1 saturated carbocycles. The van der Waals surface area contributed by atoms with E-state index in [0.717, 1.165) is 18.0 Å². The number of nitrogen functional groups attached to an aromatic ring is 1. The predicted octanol–water partition coefficient (Wildman–Crippen LogP) is 4.88. The highest BCUT2D eigenvalue weighted by Crippen LogP contribution is 2.42. The molecule has 1 fully saturated rings. The first-order chi connectivity index (χ1) is 10.2. The third kappa shape index (κ3) is 2.07. The highest BCUT2D eigenvalue weighted by atomic mass is 14.6. The molecule has 0 heterocycles. The molecule has 0 unspecified atom stereocenters. The van der Waals surface area contributed by atoms with Gasteiger partial charge in [-0.1, -0.05) is 56.0 Å². The summed E-state index contributed by atoms with van der Waals surface area (Å²) >= 11 is 0. The van der Waals surface area contributed by atoms with Crippen LogP contribution in [0.1, 0.15) is 47.9 Å². The Morgan fingerprint density at radius 1 is 1.10 bits per heavy atom. The molecule has 0 saturated heterocycles. The maximum atomic E-state index is 6.49. The highest BCUT2D eigenvalue weighted by molar-refractivity contribution is 5.83. The van der Waals surface area contributed by atoms with E-state index < -0.39 is 0 Å². The molecule has 1 nitrogen and oxygen atoms in total. The molecule has 2 aromatic rings. The van der Waals surface area contributed by atoms with E-state index in [2.05, 4.69) is 37.3 Å². The summed E-state index contributed by atoms with van der Waals surface area (Å²) in [7, 11) is 0. The Hall–Kier alpha value is -1.76. The van der Waals surface area contributed by atoms with Crippen molar-refractivity contribution in [3.05, 3.63) is 52.6 Å². The molecule has 0 radical (unpaired) electrons. The number of fused-ring (bicyclic) bond motifs is 3. The summed E-state index contributed by atoms with van der Waals surface area (Å²) in [4.78, 5) is 0. The maximum Gasteiger partial charge on any atom is 0.0388 e. The van der Waals surface area contributed by atoms with Crippen LogP contribution in [-0.4, -0.2) is 0 Å². The minimum atomic E-state index is 0.873. The monoisotopic (exact) mass is 277 g/mol. The normalized spacial score (nSPS) is 17.0. The number of rotatable bonds is 2. The van der Waals surface area contributed by atoms with Gasteiger partial charge in [0.05, 0.1) is 0 Å². The Balaban J connectivity index is 1.79. The lowest BCUT2D eigenvalue weighted by Crippen LogP contribution is -2.05. The smallest absolute Gasteiger partial charge is 0.0388 e. The average Bonchev–Trinajstić information content (AvgIpc) is 3.12. The second-order valence-corrected chi connectivity index (χ2v) is 6.79. The lowest BCUT2D eigenvalue weighted by atomic mass is 9.90. The molecule has 0 aliphatic heterocycles. The van der Waals surface area contributed by atoms with Crippen LogP contribution in [0.15, 0.2) is 30.3 Å². The van der Waals surface area contributed by atoms with Crippen molar-refractivity contribution >= 4 is 5.69 Å². The summed E-state index contributed by atoms with van der Waals surface area (Å²) in [6.07, 6.45) is 7.83. The van der Waals surface area contributed by atoms with Crippen LogP contribution in [-0.2, 0) is 12.8 Å². The summed E-state index contributed by atoms with van der Waals surface area (Å²) < 4.78 is 0. The van der Waals surface area contributed by atoms with Crippen molar-refractivity contribution in [2.45, 2.75) is 45.4 Å². The summed E-state index contributed by atoms with van der Waals surface area (Å²) in [5, 5.41) is 0. The molecule has 4 rings (SSSR count). The molecule has 0 amide bonds.